The maximum atomic E-state index is 12.0. The van der Waals surface area contributed by atoms with Crippen molar-refractivity contribution in [1.82, 2.24) is 9.80 Å². The molecule has 1 fully saturated rings. The van der Waals surface area contributed by atoms with E-state index in [9.17, 15) is 4.79 Å². The molecule has 1 aliphatic heterocycles. The van der Waals surface area contributed by atoms with Crippen molar-refractivity contribution in [2.24, 2.45) is 0 Å². The van der Waals surface area contributed by atoms with Crippen LogP contribution in [0.3, 0.4) is 0 Å². The highest BCUT2D eigenvalue weighted by molar-refractivity contribution is 6.35. The maximum Gasteiger partial charge on any atom is 0.238 e. The van der Waals surface area contributed by atoms with Crippen LogP contribution in [0, 0.1) is 0 Å². The van der Waals surface area contributed by atoms with Gasteiger partial charge in [0.25, 0.3) is 0 Å². The zero-order valence-corrected chi connectivity index (χ0v) is 13.2. The van der Waals surface area contributed by atoms with Gasteiger partial charge in [-0.3, -0.25) is 14.6 Å². The molecule has 1 aromatic carbocycles. The quantitative estimate of drug-likeness (QED) is 0.859. The summed E-state index contributed by atoms with van der Waals surface area (Å²) in [6, 6.07) is 4.98. The number of amides is 1. The second-order valence-corrected chi connectivity index (χ2v) is 5.86. The molecular weight excluding hydrogens is 313 g/mol. The van der Waals surface area contributed by atoms with Crippen molar-refractivity contribution in [3.63, 3.8) is 0 Å². The Labute approximate surface area is 134 Å². The Hall–Kier alpha value is -0.850. The van der Waals surface area contributed by atoms with E-state index in [1.807, 2.05) is 0 Å². The molecule has 0 spiro atoms. The van der Waals surface area contributed by atoms with Gasteiger partial charge >= 0.3 is 0 Å². The standard InChI is InChI=1S/C14H19Cl2N3O2/c15-11-1-2-12(16)13(9-11)17-14(21)10-19-5-3-18(4-6-19)7-8-20/h1-2,9,20H,3-8,10H2,(H,17,21). The zero-order valence-electron chi connectivity index (χ0n) is 11.7. The molecule has 2 N–H and O–H groups in total. The van der Waals surface area contributed by atoms with E-state index in [1.54, 1.807) is 18.2 Å². The van der Waals surface area contributed by atoms with Crippen molar-refractivity contribution in [3.05, 3.63) is 28.2 Å². The first kappa shape index (κ1) is 16.5. The summed E-state index contributed by atoms with van der Waals surface area (Å²) in [6.45, 7) is 4.56. The summed E-state index contributed by atoms with van der Waals surface area (Å²) in [5, 5.41) is 12.7. The molecule has 1 saturated heterocycles. The van der Waals surface area contributed by atoms with E-state index in [1.165, 1.54) is 0 Å². The van der Waals surface area contributed by atoms with Gasteiger partial charge < -0.3 is 10.4 Å². The number of piperazine rings is 1. The normalized spacial score (nSPS) is 16.9. The number of aliphatic hydroxyl groups is 1. The third-order valence-corrected chi connectivity index (χ3v) is 4.02. The second-order valence-electron chi connectivity index (χ2n) is 5.01. The summed E-state index contributed by atoms with van der Waals surface area (Å²) in [6.07, 6.45) is 0. The predicted molar refractivity (Wildman–Crippen MR) is 85.1 cm³/mol. The van der Waals surface area contributed by atoms with Gasteiger partial charge in [0.2, 0.25) is 5.91 Å². The lowest BCUT2D eigenvalue weighted by Crippen LogP contribution is -2.49. The van der Waals surface area contributed by atoms with E-state index < -0.39 is 0 Å². The fourth-order valence-corrected chi connectivity index (χ4v) is 2.64. The van der Waals surface area contributed by atoms with Crippen molar-refractivity contribution in [3.8, 4) is 0 Å². The molecule has 1 aliphatic rings. The lowest BCUT2D eigenvalue weighted by molar-refractivity contribution is -0.117. The van der Waals surface area contributed by atoms with E-state index in [4.69, 9.17) is 28.3 Å². The number of nitrogens with zero attached hydrogens (tertiary/aromatic N) is 2. The highest BCUT2D eigenvalue weighted by Crippen LogP contribution is 2.25. The number of carbonyl (C=O) groups excluding carboxylic acids is 1. The van der Waals surface area contributed by atoms with Crippen LogP contribution in [0.5, 0.6) is 0 Å². The highest BCUT2D eigenvalue weighted by atomic mass is 35.5. The first-order chi connectivity index (χ1) is 10.1. The largest absolute Gasteiger partial charge is 0.395 e. The number of nitrogens with one attached hydrogen (secondary N) is 1. The van der Waals surface area contributed by atoms with E-state index in [0.29, 0.717) is 28.8 Å². The Kier molecular flexibility index (Phi) is 6.26. The van der Waals surface area contributed by atoms with Crippen molar-refractivity contribution in [2.45, 2.75) is 0 Å². The minimum absolute atomic E-state index is 0.102. The molecule has 0 saturated carbocycles. The van der Waals surface area contributed by atoms with Crippen LogP contribution in [-0.2, 0) is 4.79 Å². The monoisotopic (exact) mass is 331 g/mol. The minimum Gasteiger partial charge on any atom is -0.395 e. The summed E-state index contributed by atoms with van der Waals surface area (Å²) in [7, 11) is 0. The summed E-state index contributed by atoms with van der Waals surface area (Å²) in [5.41, 5.74) is 0.535. The molecule has 1 heterocycles. The van der Waals surface area contributed by atoms with Crippen LogP contribution in [0.2, 0.25) is 10.0 Å². The van der Waals surface area contributed by atoms with Crippen molar-refractivity contribution in [2.75, 3.05) is 51.2 Å². The minimum atomic E-state index is -0.102. The number of aliphatic hydroxyl groups excluding tert-OH is 1. The molecule has 0 bridgehead atoms. The predicted octanol–water partition coefficient (Wildman–Crippen LogP) is 1.54. The molecule has 7 heteroatoms. The molecule has 0 radical (unpaired) electrons. The third-order valence-electron chi connectivity index (χ3n) is 3.45. The number of rotatable bonds is 5. The first-order valence-corrected chi connectivity index (χ1v) is 7.64. The zero-order chi connectivity index (χ0) is 15.2. The number of hydrogen-bond donors (Lipinski definition) is 2. The number of hydrogen-bond acceptors (Lipinski definition) is 4. The Morgan fingerprint density at radius 2 is 1.86 bits per heavy atom. The third kappa shape index (κ3) is 5.13. The summed E-state index contributed by atoms with van der Waals surface area (Å²) >= 11 is 11.9. The summed E-state index contributed by atoms with van der Waals surface area (Å²) < 4.78 is 0. The van der Waals surface area contributed by atoms with E-state index in [0.717, 1.165) is 26.2 Å². The average molecular weight is 332 g/mol. The van der Waals surface area contributed by atoms with Crippen LogP contribution in [-0.4, -0.2) is 66.7 Å². The highest BCUT2D eigenvalue weighted by Gasteiger charge is 2.18. The number of halogens is 2. The fourth-order valence-electron chi connectivity index (χ4n) is 2.30. The van der Waals surface area contributed by atoms with Gasteiger partial charge in [0, 0.05) is 37.7 Å². The SMILES string of the molecule is O=C(CN1CCN(CCO)CC1)Nc1cc(Cl)ccc1Cl. The lowest BCUT2D eigenvalue weighted by atomic mass is 10.3. The number of carbonyl (C=O) groups is 1. The van der Waals surface area contributed by atoms with Crippen LogP contribution in [0.25, 0.3) is 0 Å². The van der Waals surface area contributed by atoms with Crippen LogP contribution in [0.15, 0.2) is 18.2 Å². The topological polar surface area (TPSA) is 55.8 Å². The molecule has 1 amide bonds. The van der Waals surface area contributed by atoms with Gasteiger partial charge in [-0.1, -0.05) is 23.2 Å². The van der Waals surface area contributed by atoms with E-state index >= 15 is 0 Å². The molecule has 0 unspecified atom stereocenters. The molecule has 0 aromatic heterocycles. The smallest absolute Gasteiger partial charge is 0.238 e. The maximum absolute atomic E-state index is 12.0. The van der Waals surface area contributed by atoms with Crippen molar-refractivity contribution in [1.29, 1.82) is 0 Å². The Bertz CT molecular complexity index is 491. The molecule has 116 valence electrons. The number of β-amino-alcohol motifs (C(OH)–C–C–N with tert-alkyl or cyclic N) is 1. The van der Waals surface area contributed by atoms with Gasteiger partial charge in [0.1, 0.15) is 0 Å². The molecule has 21 heavy (non-hydrogen) atoms. The first-order valence-electron chi connectivity index (χ1n) is 6.89. The molecule has 0 atom stereocenters. The molecular formula is C14H19Cl2N3O2. The van der Waals surface area contributed by atoms with Gasteiger partial charge in [-0.25, -0.2) is 0 Å². The van der Waals surface area contributed by atoms with Crippen LogP contribution in [0.1, 0.15) is 0 Å². The van der Waals surface area contributed by atoms with Gasteiger partial charge in [0.05, 0.1) is 23.9 Å². The van der Waals surface area contributed by atoms with Crippen LogP contribution >= 0.6 is 23.2 Å². The second kappa shape index (κ2) is 7.96. The summed E-state index contributed by atoms with van der Waals surface area (Å²) in [5.74, 6) is -0.102. The summed E-state index contributed by atoms with van der Waals surface area (Å²) in [4.78, 5) is 16.3. The lowest BCUT2D eigenvalue weighted by Gasteiger charge is -2.33. The van der Waals surface area contributed by atoms with E-state index in [-0.39, 0.29) is 12.5 Å². The van der Waals surface area contributed by atoms with Gasteiger partial charge in [-0.05, 0) is 18.2 Å². The molecule has 5 nitrogen and oxygen atoms in total. The molecule has 2 rings (SSSR count). The Morgan fingerprint density at radius 3 is 2.52 bits per heavy atom. The number of anilines is 1. The molecule has 1 aromatic rings. The fraction of sp³-hybridized carbons (Fsp3) is 0.500. The van der Waals surface area contributed by atoms with Crippen molar-refractivity contribution >= 4 is 34.8 Å². The average Bonchev–Trinajstić information content (AvgIpc) is 2.45. The van der Waals surface area contributed by atoms with Crippen molar-refractivity contribution < 1.29 is 9.90 Å². The Morgan fingerprint density at radius 1 is 1.19 bits per heavy atom. The van der Waals surface area contributed by atoms with Crippen LogP contribution < -0.4 is 5.32 Å². The Balaban J connectivity index is 1.81. The van der Waals surface area contributed by atoms with Gasteiger partial charge in [0.15, 0.2) is 0 Å². The number of benzene rings is 1. The van der Waals surface area contributed by atoms with Crippen LogP contribution in [0.4, 0.5) is 5.69 Å². The molecule has 0 aliphatic carbocycles. The van der Waals surface area contributed by atoms with Gasteiger partial charge in [-0.15, -0.1) is 0 Å². The van der Waals surface area contributed by atoms with Gasteiger partial charge in [-0.2, -0.15) is 0 Å². The van der Waals surface area contributed by atoms with E-state index in [2.05, 4.69) is 15.1 Å².